The molecule has 1 amide bonds. The highest BCUT2D eigenvalue weighted by Crippen LogP contribution is 2.18. The Labute approximate surface area is 145 Å². The van der Waals surface area contributed by atoms with Crippen molar-refractivity contribution in [3.05, 3.63) is 35.9 Å². The number of carbonyl (C=O) groups excluding carboxylic acids is 1. The van der Waals surface area contributed by atoms with Crippen molar-refractivity contribution in [2.24, 2.45) is 5.73 Å². The van der Waals surface area contributed by atoms with Crippen LogP contribution in [-0.4, -0.2) is 48.4 Å². The van der Waals surface area contributed by atoms with E-state index in [1.807, 2.05) is 18.0 Å². The highest BCUT2D eigenvalue weighted by Gasteiger charge is 2.24. The van der Waals surface area contributed by atoms with Crippen LogP contribution in [0.3, 0.4) is 0 Å². The number of hydrogen-bond donors (Lipinski definition) is 1. The van der Waals surface area contributed by atoms with Gasteiger partial charge in [-0.25, -0.2) is 0 Å². The summed E-state index contributed by atoms with van der Waals surface area (Å²) in [6.45, 7) is 3.56. The quantitative estimate of drug-likeness (QED) is 0.888. The van der Waals surface area contributed by atoms with Gasteiger partial charge in [-0.05, 0) is 18.4 Å². The number of amides is 1. The van der Waals surface area contributed by atoms with Crippen molar-refractivity contribution in [1.29, 1.82) is 0 Å². The number of hydrogen-bond acceptors (Lipinski definition) is 3. The van der Waals surface area contributed by atoms with E-state index in [-0.39, 0.29) is 30.7 Å². The van der Waals surface area contributed by atoms with Crippen LogP contribution in [0.25, 0.3) is 0 Å². The van der Waals surface area contributed by atoms with Gasteiger partial charge in [-0.15, -0.1) is 24.8 Å². The van der Waals surface area contributed by atoms with Crippen LogP contribution in [-0.2, 0) is 11.3 Å². The summed E-state index contributed by atoms with van der Waals surface area (Å²) >= 11 is 0. The lowest BCUT2D eigenvalue weighted by Gasteiger charge is -2.36. The first-order chi connectivity index (χ1) is 9.70. The second-order valence-electron chi connectivity index (χ2n) is 5.54. The molecule has 2 rings (SSSR count). The fourth-order valence-corrected chi connectivity index (χ4v) is 2.81. The van der Waals surface area contributed by atoms with Crippen LogP contribution in [0.1, 0.15) is 24.8 Å². The summed E-state index contributed by atoms with van der Waals surface area (Å²) in [5.41, 5.74) is 6.81. The summed E-state index contributed by atoms with van der Waals surface area (Å²) in [4.78, 5) is 16.2. The summed E-state index contributed by atoms with van der Waals surface area (Å²) in [7, 11) is 1.91. The molecule has 1 fully saturated rings. The molecule has 1 aromatic carbocycles. The van der Waals surface area contributed by atoms with Gasteiger partial charge < -0.3 is 10.6 Å². The van der Waals surface area contributed by atoms with Crippen LogP contribution in [0, 0.1) is 0 Å². The second-order valence-corrected chi connectivity index (χ2v) is 5.54. The number of halogens is 2. The lowest BCUT2D eigenvalue weighted by atomic mass is 10.0. The maximum Gasteiger partial charge on any atom is 0.223 e. The Hall–Kier alpha value is -0.810. The predicted octanol–water partition coefficient (Wildman–Crippen LogP) is 2.30. The molecule has 0 atom stereocenters. The molecule has 1 aromatic rings. The maximum atomic E-state index is 11.8. The summed E-state index contributed by atoms with van der Waals surface area (Å²) in [5, 5.41) is 0. The van der Waals surface area contributed by atoms with Crippen molar-refractivity contribution in [2.45, 2.75) is 31.8 Å². The predicted molar refractivity (Wildman–Crippen MR) is 95.7 cm³/mol. The molecule has 0 radical (unpaired) electrons. The number of likely N-dealkylation sites (tertiary alicyclic amines) is 1. The van der Waals surface area contributed by atoms with Crippen LogP contribution < -0.4 is 5.73 Å². The minimum atomic E-state index is 0. The standard InChI is InChI=1S/C16H25N3O.2ClH/c1-18(16(20)7-10-17)15-8-11-19(12-9-15)13-14-5-3-2-4-6-14;;/h2-6,15H,7-13,17H2,1H3;2*1H. The van der Waals surface area contributed by atoms with Crippen molar-refractivity contribution >= 4 is 30.7 Å². The van der Waals surface area contributed by atoms with Gasteiger partial charge in [0.25, 0.3) is 0 Å². The molecular weight excluding hydrogens is 321 g/mol. The highest BCUT2D eigenvalue weighted by atomic mass is 35.5. The third-order valence-electron chi connectivity index (χ3n) is 4.11. The lowest BCUT2D eigenvalue weighted by molar-refractivity contribution is -0.132. The topological polar surface area (TPSA) is 49.6 Å². The Balaban J connectivity index is 0.00000220. The number of nitrogens with two attached hydrogens (primary N) is 1. The molecule has 1 aliphatic heterocycles. The van der Waals surface area contributed by atoms with E-state index in [0.717, 1.165) is 32.5 Å². The monoisotopic (exact) mass is 347 g/mol. The van der Waals surface area contributed by atoms with E-state index in [2.05, 4.69) is 29.2 Å². The summed E-state index contributed by atoms with van der Waals surface area (Å²) < 4.78 is 0. The second kappa shape index (κ2) is 10.8. The highest BCUT2D eigenvalue weighted by molar-refractivity contribution is 5.85. The number of nitrogens with zero attached hydrogens (tertiary/aromatic N) is 2. The van der Waals surface area contributed by atoms with Crippen LogP contribution in [0.2, 0.25) is 0 Å². The number of benzene rings is 1. The molecule has 1 aliphatic rings. The molecule has 4 nitrogen and oxygen atoms in total. The Bertz CT molecular complexity index is 423. The van der Waals surface area contributed by atoms with E-state index in [0.29, 0.717) is 19.0 Å². The fourth-order valence-electron chi connectivity index (χ4n) is 2.81. The first-order valence-corrected chi connectivity index (χ1v) is 7.42. The summed E-state index contributed by atoms with van der Waals surface area (Å²) in [6, 6.07) is 10.9. The molecule has 0 unspecified atom stereocenters. The average Bonchev–Trinajstić information content (AvgIpc) is 2.48. The lowest BCUT2D eigenvalue weighted by Crippen LogP contribution is -2.45. The van der Waals surface area contributed by atoms with E-state index >= 15 is 0 Å². The molecule has 0 saturated carbocycles. The maximum absolute atomic E-state index is 11.8. The van der Waals surface area contributed by atoms with Gasteiger partial charge in [0.2, 0.25) is 5.91 Å². The third kappa shape index (κ3) is 6.13. The Kier molecular flexibility index (Phi) is 10.4. The van der Waals surface area contributed by atoms with Crippen molar-refractivity contribution in [2.75, 3.05) is 26.7 Å². The zero-order valence-corrected chi connectivity index (χ0v) is 14.7. The molecule has 0 aliphatic carbocycles. The molecule has 22 heavy (non-hydrogen) atoms. The molecule has 6 heteroatoms. The van der Waals surface area contributed by atoms with Gasteiger partial charge in [0.05, 0.1) is 0 Å². The van der Waals surface area contributed by atoms with Gasteiger partial charge in [0.1, 0.15) is 0 Å². The average molecular weight is 348 g/mol. The number of carbonyl (C=O) groups is 1. The zero-order chi connectivity index (χ0) is 14.4. The molecule has 0 spiro atoms. The minimum absolute atomic E-state index is 0. The summed E-state index contributed by atoms with van der Waals surface area (Å²) in [6.07, 6.45) is 2.57. The van der Waals surface area contributed by atoms with Crippen LogP contribution >= 0.6 is 24.8 Å². The van der Waals surface area contributed by atoms with Gasteiger partial charge in [-0.2, -0.15) is 0 Å². The molecule has 0 bridgehead atoms. The van der Waals surface area contributed by atoms with Gasteiger partial charge in [0.15, 0.2) is 0 Å². The molecular formula is C16H27Cl2N3O. The first kappa shape index (κ1) is 21.2. The molecule has 0 aromatic heterocycles. The minimum Gasteiger partial charge on any atom is -0.343 e. The van der Waals surface area contributed by atoms with E-state index in [1.165, 1.54) is 5.56 Å². The van der Waals surface area contributed by atoms with Crippen LogP contribution in [0.5, 0.6) is 0 Å². The van der Waals surface area contributed by atoms with Crippen LogP contribution in [0.15, 0.2) is 30.3 Å². The Morgan fingerprint density at radius 3 is 2.36 bits per heavy atom. The van der Waals surface area contributed by atoms with E-state index in [1.54, 1.807) is 0 Å². The fraction of sp³-hybridized carbons (Fsp3) is 0.562. The Morgan fingerprint density at radius 1 is 1.23 bits per heavy atom. The van der Waals surface area contributed by atoms with Gasteiger partial charge in [-0.3, -0.25) is 9.69 Å². The Morgan fingerprint density at radius 2 is 1.82 bits per heavy atom. The number of rotatable bonds is 5. The van der Waals surface area contributed by atoms with Crippen molar-refractivity contribution in [1.82, 2.24) is 9.80 Å². The van der Waals surface area contributed by atoms with E-state index < -0.39 is 0 Å². The molecule has 2 N–H and O–H groups in total. The van der Waals surface area contributed by atoms with Gasteiger partial charge in [-0.1, -0.05) is 30.3 Å². The largest absolute Gasteiger partial charge is 0.343 e. The van der Waals surface area contributed by atoms with Crippen molar-refractivity contribution in [3.8, 4) is 0 Å². The third-order valence-corrected chi connectivity index (χ3v) is 4.11. The summed E-state index contributed by atoms with van der Waals surface area (Å²) in [5.74, 6) is 0.175. The molecule has 126 valence electrons. The van der Waals surface area contributed by atoms with Gasteiger partial charge in [0, 0.05) is 45.7 Å². The van der Waals surface area contributed by atoms with Crippen molar-refractivity contribution in [3.63, 3.8) is 0 Å². The van der Waals surface area contributed by atoms with Crippen LogP contribution in [0.4, 0.5) is 0 Å². The van der Waals surface area contributed by atoms with Crippen molar-refractivity contribution < 1.29 is 4.79 Å². The molecule has 1 saturated heterocycles. The molecule has 1 heterocycles. The first-order valence-electron chi connectivity index (χ1n) is 7.42. The number of piperidine rings is 1. The van der Waals surface area contributed by atoms with Gasteiger partial charge >= 0.3 is 0 Å². The SMILES string of the molecule is CN(C(=O)CCN)C1CCN(Cc2ccccc2)CC1.Cl.Cl. The zero-order valence-electron chi connectivity index (χ0n) is 13.1. The van der Waals surface area contributed by atoms with E-state index in [9.17, 15) is 4.79 Å². The van der Waals surface area contributed by atoms with E-state index in [4.69, 9.17) is 5.73 Å². The smallest absolute Gasteiger partial charge is 0.223 e. The normalized spacial score (nSPS) is 15.5.